The quantitative estimate of drug-likeness (QED) is 0.784. The Hall–Kier alpha value is -1.77. The smallest absolute Gasteiger partial charge is 0.335 e. The van der Waals surface area contributed by atoms with Crippen LogP contribution in [-0.4, -0.2) is 13.1 Å². The van der Waals surface area contributed by atoms with Crippen LogP contribution in [0.15, 0.2) is 41.6 Å². The molecule has 84 valence electrons. The van der Waals surface area contributed by atoms with E-state index in [2.05, 4.69) is 17.4 Å². The SMILES string of the molecule is COC(=O)C1=C(NCc2ccccc2)CC1. The first-order chi connectivity index (χ1) is 7.81. The molecule has 0 fully saturated rings. The lowest BCUT2D eigenvalue weighted by molar-refractivity contribution is -0.136. The molecule has 3 heteroatoms. The minimum Gasteiger partial charge on any atom is -0.466 e. The van der Waals surface area contributed by atoms with Gasteiger partial charge in [-0.1, -0.05) is 30.3 Å². The van der Waals surface area contributed by atoms with Gasteiger partial charge in [0.05, 0.1) is 12.7 Å². The van der Waals surface area contributed by atoms with Crippen LogP contribution in [0.5, 0.6) is 0 Å². The van der Waals surface area contributed by atoms with Gasteiger partial charge in [0.25, 0.3) is 0 Å². The molecule has 0 saturated carbocycles. The van der Waals surface area contributed by atoms with E-state index in [0.717, 1.165) is 30.7 Å². The van der Waals surface area contributed by atoms with Gasteiger partial charge in [-0.15, -0.1) is 0 Å². The number of esters is 1. The molecule has 0 saturated heterocycles. The first-order valence-electron chi connectivity index (χ1n) is 5.39. The second-order valence-corrected chi connectivity index (χ2v) is 3.79. The van der Waals surface area contributed by atoms with Crippen LogP contribution < -0.4 is 5.32 Å². The summed E-state index contributed by atoms with van der Waals surface area (Å²) in [6.45, 7) is 0.761. The number of nitrogens with one attached hydrogen (secondary N) is 1. The highest BCUT2D eigenvalue weighted by atomic mass is 16.5. The Bertz CT molecular complexity index is 409. The van der Waals surface area contributed by atoms with E-state index in [1.54, 1.807) is 0 Å². The van der Waals surface area contributed by atoms with Crippen molar-refractivity contribution in [3.8, 4) is 0 Å². The first-order valence-corrected chi connectivity index (χ1v) is 5.39. The predicted octanol–water partition coefficient (Wildman–Crippen LogP) is 2.00. The molecular weight excluding hydrogens is 202 g/mol. The summed E-state index contributed by atoms with van der Waals surface area (Å²) < 4.78 is 4.70. The molecule has 1 aliphatic rings. The van der Waals surface area contributed by atoms with E-state index < -0.39 is 0 Å². The van der Waals surface area contributed by atoms with E-state index in [9.17, 15) is 4.79 Å². The van der Waals surface area contributed by atoms with Crippen molar-refractivity contribution in [1.82, 2.24) is 5.32 Å². The van der Waals surface area contributed by atoms with Gasteiger partial charge in [0.15, 0.2) is 0 Å². The summed E-state index contributed by atoms with van der Waals surface area (Å²) in [5, 5.41) is 3.28. The van der Waals surface area contributed by atoms with Crippen molar-refractivity contribution >= 4 is 5.97 Å². The number of benzene rings is 1. The Morgan fingerprint density at radius 2 is 2.06 bits per heavy atom. The van der Waals surface area contributed by atoms with Gasteiger partial charge in [-0.05, 0) is 18.4 Å². The molecule has 1 aromatic carbocycles. The van der Waals surface area contributed by atoms with Crippen molar-refractivity contribution in [1.29, 1.82) is 0 Å². The van der Waals surface area contributed by atoms with Gasteiger partial charge in [0.1, 0.15) is 0 Å². The minimum atomic E-state index is -0.207. The van der Waals surface area contributed by atoms with E-state index in [-0.39, 0.29) is 5.97 Å². The molecule has 0 radical (unpaired) electrons. The third-order valence-corrected chi connectivity index (χ3v) is 2.77. The molecule has 16 heavy (non-hydrogen) atoms. The maximum Gasteiger partial charge on any atom is 0.335 e. The van der Waals surface area contributed by atoms with Gasteiger partial charge in [0.2, 0.25) is 0 Å². The van der Waals surface area contributed by atoms with Gasteiger partial charge >= 0.3 is 5.97 Å². The molecular formula is C13H15NO2. The Morgan fingerprint density at radius 3 is 2.62 bits per heavy atom. The molecule has 0 amide bonds. The van der Waals surface area contributed by atoms with Crippen LogP contribution >= 0.6 is 0 Å². The van der Waals surface area contributed by atoms with Crippen molar-refractivity contribution in [2.24, 2.45) is 0 Å². The van der Waals surface area contributed by atoms with Crippen LogP contribution in [0, 0.1) is 0 Å². The third-order valence-electron chi connectivity index (χ3n) is 2.77. The third kappa shape index (κ3) is 2.24. The zero-order valence-electron chi connectivity index (χ0n) is 9.32. The van der Waals surface area contributed by atoms with Gasteiger partial charge in [0, 0.05) is 12.2 Å². The average Bonchev–Trinajstić information content (AvgIpc) is 2.29. The van der Waals surface area contributed by atoms with Crippen molar-refractivity contribution in [3.05, 3.63) is 47.2 Å². The number of hydrogen-bond acceptors (Lipinski definition) is 3. The van der Waals surface area contributed by atoms with Crippen molar-refractivity contribution in [2.75, 3.05) is 7.11 Å². The standard InChI is InChI=1S/C13H15NO2/c1-16-13(15)11-7-8-12(11)14-9-10-5-3-2-4-6-10/h2-6,14H,7-9H2,1H3. The Balaban J connectivity index is 1.94. The molecule has 0 unspecified atom stereocenters. The van der Waals surface area contributed by atoms with Gasteiger partial charge < -0.3 is 10.1 Å². The van der Waals surface area contributed by atoms with E-state index in [1.165, 1.54) is 12.7 Å². The second kappa shape index (κ2) is 4.84. The summed E-state index contributed by atoms with van der Waals surface area (Å²) in [5.74, 6) is -0.207. The molecule has 0 aromatic heterocycles. The Labute approximate surface area is 95.1 Å². The normalized spacial score (nSPS) is 14.3. The molecule has 3 nitrogen and oxygen atoms in total. The highest BCUT2D eigenvalue weighted by molar-refractivity contribution is 5.90. The Kier molecular flexibility index (Phi) is 3.25. The predicted molar refractivity (Wildman–Crippen MR) is 61.6 cm³/mol. The average molecular weight is 217 g/mol. The molecule has 0 heterocycles. The highest BCUT2D eigenvalue weighted by Gasteiger charge is 2.23. The zero-order chi connectivity index (χ0) is 11.4. The number of rotatable bonds is 4. The fraction of sp³-hybridized carbons (Fsp3) is 0.308. The number of carbonyl (C=O) groups is 1. The summed E-state index contributed by atoms with van der Waals surface area (Å²) in [4.78, 5) is 11.3. The van der Waals surface area contributed by atoms with Crippen LogP contribution in [0.1, 0.15) is 18.4 Å². The molecule has 0 bridgehead atoms. The van der Waals surface area contributed by atoms with Gasteiger partial charge in [-0.2, -0.15) is 0 Å². The number of methoxy groups -OCH3 is 1. The molecule has 2 rings (SSSR count). The fourth-order valence-electron chi connectivity index (χ4n) is 1.72. The topological polar surface area (TPSA) is 38.3 Å². The van der Waals surface area contributed by atoms with Crippen LogP contribution in [-0.2, 0) is 16.1 Å². The van der Waals surface area contributed by atoms with E-state index in [4.69, 9.17) is 4.74 Å². The fourth-order valence-corrected chi connectivity index (χ4v) is 1.72. The first kappa shape index (κ1) is 10.7. The lowest BCUT2D eigenvalue weighted by Crippen LogP contribution is -2.25. The second-order valence-electron chi connectivity index (χ2n) is 3.79. The summed E-state index contributed by atoms with van der Waals surface area (Å²) in [5.41, 5.74) is 3.03. The maximum atomic E-state index is 11.3. The lowest BCUT2D eigenvalue weighted by Gasteiger charge is -2.23. The zero-order valence-corrected chi connectivity index (χ0v) is 9.32. The number of carbonyl (C=O) groups excluding carboxylic acids is 1. The van der Waals surface area contributed by atoms with Crippen molar-refractivity contribution < 1.29 is 9.53 Å². The highest BCUT2D eigenvalue weighted by Crippen LogP contribution is 2.26. The molecule has 1 aliphatic carbocycles. The van der Waals surface area contributed by atoms with Gasteiger partial charge in [-0.25, -0.2) is 4.79 Å². The Morgan fingerprint density at radius 1 is 1.31 bits per heavy atom. The maximum absolute atomic E-state index is 11.3. The summed E-state index contributed by atoms with van der Waals surface area (Å²) in [6, 6.07) is 10.1. The molecule has 0 aliphatic heterocycles. The summed E-state index contributed by atoms with van der Waals surface area (Å²) in [6.07, 6.45) is 1.76. The van der Waals surface area contributed by atoms with Crippen LogP contribution in [0.2, 0.25) is 0 Å². The summed E-state index contributed by atoms with van der Waals surface area (Å²) >= 11 is 0. The van der Waals surface area contributed by atoms with Crippen LogP contribution in [0.3, 0.4) is 0 Å². The monoisotopic (exact) mass is 217 g/mol. The van der Waals surface area contributed by atoms with Gasteiger partial charge in [-0.3, -0.25) is 0 Å². The molecule has 0 atom stereocenters. The molecule has 0 spiro atoms. The molecule has 1 aromatic rings. The van der Waals surface area contributed by atoms with Crippen molar-refractivity contribution in [3.63, 3.8) is 0 Å². The minimum absolute atomic E-state index is 0.207. The van der Waals surface area contributed by atoms with E-state index >= 15 is 0 Å². The molecule has 1 N–H and O–H groups in total. The van der Waals surface area contributed by atoms with E-state index in [0.29, 0.717) is 0 Å². The number of hydrogen-bond donors (Lipinski definition) is 1. The summed E-state index contributed by atoms with van der Waals surface area (Å²) in [7, 11) is 1.42. The number of allylic oxidation sites excluding steroid dienone is 1. The van der Waals surface area contributed by atoms with Crippen molar-refractivity contribution in [2.45, 2.75) is 19.4 Å². The largest absolute Gasteiger partial charge is 0.466 e. The van der Waals surface area contributed by atoms with E-state index in [1.807, 2.05) is 18.2 Å². The number of ether oxygens (including phenoxy) is 1. The van der Waals surface area contributed by atoms with Crippen LogP contribution in [0.4, 0.5) is 0 Å². The van der Waals surface area contributed by atoms with Crippen LogP contribution in [0.25, 0.3) is 0 Å². The lowest BCUT2D eigenvalue weighted by atomic mass is 9.94.